The van der Waals surface area contributed by atoms with E-state index in [2.05, 4.69) is 11.8 Å². The van der Waals surface area contributed by atoms with Gasteiger partial charge in [-0.2, -0.15) is 0 Å². The highest BCUT2D eigenvalue weighted by molar-refractivity contribution is 4.99. The Morgan fingerprint density at radius 3 is 2.06 bits per heavy atom. The third-order valence-electron chi connectivity index (χ3n) is 2.79. The van der Waals surface area contributed by atoms with Crippen molar-refractivity contribution in [3.63, 3.8) is 0 Å². The van der Waals surface area contributed by atoms with E-state index in [1.807, 2.05) is 36.4 Å². The zero-order chi connectivity index (χ0) is 11.6. The highest BCUT2D eigenvalue weighted by atomic mass is 19.1. The van der Waals surface area contributed by atoms with Crippen LogP contribution in [0.3, 0.4) is 0 Å². The number of nitrogens with zero attached hydrogens (tertiary/aromatic N) is 1. The minimum absolute atomic E-state index is 0.125. The summed E-state index contributed by atoms with van der Waals surface area (Å²) in [5, 5.41) is 0. The van der Waals surface area contributed by atoms with Gasteiger partial charge < -0.3 is 4.90 Å². The molecule has 0 bridgehead atoms. The smallest absolute Gasteiger partial charge is 0.0935 e. The molecule has 1 aliphatic rings. The molecule has 0 unspecified atom stereocenters. The third-order valence-corrected chi connectivity index (χ3v) is 2.79. The van der Waals surface area contributed by atoms with E-state index in [0.29, 0.717) is 5.92 Å². The van der Waals surface area contributed by atoms with Gasteiger partial charge in [0.05, 0.1) is 6.67 Å². The van der Waals surface area contributed by atoms with Gasteiger partial charge in [-0.3, -0.25) is 4.39 Å². The van der Waals surface area contributed by atoms with E-state index in [0.717, 1.165) is 26.1 Å². The number of likely N-dealkylation sites (tertiary alicyclic amines) is 1. The van der Waals surface area contributed by atoms with Crippen molar-refractivity contribution >= 4 is 0 Å². The maximum absolute atomic E-state index is 12.1. The summed E-state index contributed by atoms with van der Waals surface area (Å²) < 4.78 is 12.1. The molecule has 1 fully saturated rings. The van der Waals surface area contributed by atoms with Crippen LogP contribution < -0.4 is 0 Å². The Bertz CT molecular complexity index is 223. The maximum atomic E-state index is 12.1. The molecule has 0 amide bonds. The zero-order valence-electron chi connectivity index (χ0n) is 10.1. The van der Waals surface area contributed by atoms with Gasteiger partial charge in [-0.15, -0.1) is 0 Å². The molecule has 0 aromatic heterocycles. The van der Waals surface area contributed by atoms with Crippen molar-refractivity contribution in [2.45, 2.75) is 19.8 Å². The molecule has 1 heterocycles. The number of benzene rings is 1. The summed E-state index contributed by atoms with van der Waals surface area (Å²) in [6, 6.07) is 12.0. The van der Waals surface area contributed by atoms with E-state index in [-0.39, 0.29) is 6.67 Å². The topological polar surface area (TPSA) is 3.24 Å². The minimum atomic E-state index is -0.125. The van der Waals surface area contributed by atoms with Crippen LogP contribution >= 0.6 is 0 Å². The number of hydrogen-bond donors (Lipinski definition) is 0. The Balaban J connectivity index is 0.000000181. The monoisotopic (exact) mass is 223 g/mol. The van der Waals surface area contributed by atoms with E-state index in [9.17, 15) is 4.39 Å². The van der Waals surface area contributed by atoms with Crippen LogP contribution in [0.15, 0.2) is 36.4 Å². The molecular formula is C14H22FN. The third kappa shape index (κ3) is 5.26. The van der Waals surface area contributed by atoms with Gasteiger partial charge in [0.25, 0.3) is 0 Å². The fourth-order valence-electron chi connectivity index (χ4n) is 1.94. The van der Waals surface area contributed by atoms with Gasteiger partial charge in [-0.05, 0) is 25.9 Å². The van der Waals surface area contributed by atoms with Gasteiger partial charge in [-0.25, -0.2) is 0 Å². The van der Waals surface area contributed by atoms with Crippen molar-refractivity contribution in [2.75, 3.05) is 26.3 Å². The van der Waals surface area contributed by atoms with Gasteiger partial charge in [0.1, 0.15) is 0 Å². The van der Waals surface area contributed by atoms with Crippen molar-refractivity contribution in [3.8, 4) is 0 Å². The zero-order valence-corrected chi connectivity index (χ0v) is 10.1. The summed E-state index contributed by atoms with van der Waals surface area (Å²) in [6.07, 6.45) is 2.26. The number of rotatable bonds is 3. The lowest BCUT2D eigenvalue weighted by molar-refractivity contribution is 0.303. The SMILES string of the molecule is CCCN1CC[C@@H](CF)C1.c1ccccc1. The quantitative estimate of drug-likeness (QED) is 0.759. The molecular weight excluding hydrogens is 201 g/mol. The first-order valence-corrected chi connectivity index (χ1v) is 6.15. The van der Waals surface area contributed by atoms with Crippen LogP contribution in [-0.4, -0.2) is 31.2 Å². The van der Waals surface area contributed by atoms with Crippen LogP contribution in [-0.2, 0) is 0 Å². The lowest BCUT2D eigenvalue weighted by atomic mass is 10.1. The predicted molar refractivity (Wildman–Crippen MR) is 67.3 cm³/mol. The molecule has 16 heavy (non-hydrogen) atoms. The Morgan fingerprint density at radius 2 is 1.69 bits per heavy atom. The summed E-state index contributed by atoms with van der Waals surface area (Å²) in [5.74, 6) is 0.339. The van der Waals surface area contributed by atoms with Gasteiger partial charge >= 0.3 is 0 Å². The fraction of sp³-hybridized carbons (Fsp3) is 0.571. The van der Waals surface area contributed by atoms with Crippen LogP contribution in [0, 0.1) is 5.92 Å². The highest BCUT2D eigenvalue weighted by Gasteiger charge is 2.20. The normalized spacial score (nSPS) is 20.2. The second-order valence-corrected chi connectivity index (χ2v) is 4.26. The molecule has 2 rings (SSSR count). The molecule has 1 atom stereocenters. The van der Waals surface area contributed by atoms with Gasteiger partial charge in [0, 0.05) is 12.5 Å². The number of hydrogen-bond acceptors (Lipinski definition) is 1. The molecule has 2 heteroatoms. The molecule has 1 aliphatic heterocycles. The molecule has 0 N–H and O–H groups in total. The summed E-state index contributed by atoms with van der Waals surface area (Å²) in [6.45, 7) is 5.30. The maximum Gasteiger partial charge on any atom is 0.0935 e. The molecule has 0 aliphatic carbocycles. The molecule has 1 nitrogen and oxygen atoms in total. The van der Waals surface area contributed by atoms with Crippen LogP contribution in [0.25, 0.3) is 0 Å². The van der Waals surface area contributed by atoms with Gasteiger partial charge in [-0.1, -0.05) is 43.3 Å². The molecule has 0 saturated carbocycles. The van der Waals surface area contributed by atoms with E-state index in [1.54, 1.807) is 0 Å². The molecule has 1 aromatic carbocycles. The Kier molecular flexibility index (Phi) is 6.82. The first-order chi connectivity index (χ1) is 7.86. The molecule has 90 valence electrons. The Hall–Kier alpha value is -0.890. The van der Waals surface area contributed by atoms with Crippen molar-refractivity contribution in [1.29, 1.82) is 0 Å². The second-order valence-electron chi connectivity index (χ2n) is 4.26. The average Bonchev–Trinajstić information content (AvgIpc) is 2.80. The summed E-state index contributed by atoms with van der Waals surface area (Å²) >= 11 is 0. The second kappa shape index (κ2) is 8.28. The standard InChI is InChI=1S/C8H16FN.C6H6/c1-2-4-10-5-3-8(6-9)7-10;1-2-4-6-5-3-1/h8H,2-7H2,1H3;1-6H/t8-;/m0./s1. The van der Waals surface area contributed by atoms with Gasteiger partial charge in [0.2, 0.25) is 0 Å². The largest absolute Gasteiger partial charge is 0.303 e. The Labute approximate surface area is 98.3 Å². The fourth-order valence-corrected chi connectivity index (χ4v) is 1.94. The van der Waals surface area contributed by atoms with E-state index in [4.69, 9.17) is 0 Å². The molecule has 1 saturated heterocycles. The lowest BCUT2D eigenvalue weighted by Crippen LogP contribution is -2.21. The Morgan fingerprint density at radius 1 is 1.12 bits per heavy atom. The van der Waals surface area contributed by atoms with E-state index < -0.39 is 0 Å². The van der Waals surface area contributed by atoms with Crippen molar-refractivity contribution < 1.29 is 4.39 Å². The minimum Gasteiger partial charge on any atom is -0.303 e. The lowest BCUT2D eigenvalue weighted by Gasteiger charge is -2.12. The summed E-state index contributed by atoms with van der Waals surface area (Å²) in [4.78, 5) is 2.35. The first kappa shape index (κ1) is 13.2. The molecule has 0 radical (unpaired) electrons. The molecule has 0 spiro atoms. The predicted octanol–water partition coefficient (Wildman–Crippen LogP) is 3.37. The highest BCUT2D eigenvalue weighted by Crippen LogP contribution is 2.15. The van der Waals surface area contributed by atoms with Crippen molar-refractivity contribution in [3.05, 3.63) is 36.4 Å². The summed E-state index contributed by atoms with van der Waals surface area (Å²) in [7, 11) is 0. The summed E-state index contributed by atoms with van der Waals surface area (Å²) in [5.41, 5.74) is 0. The number of halogens is 1. The first-order valence-electron chi connectivity index (χ1n) is 6.15. The van der Waals surface area contributed by atoms with Crippen LogP contribution in [0.2, 0.25) is 0 Å². The van der Waals surface area contributed by atoms with Crippen LogP contribution in [0.1, 0.15) is 19.8 Å². The van der Waals surface area contributed by atoms with Gasteiger partial charge in [0.15, 0.2) is 0 Å². The van der Waals surface area contributed by atoms with E-state index >= 15 is 0 Å². The van der Waals surface area contributed by atoms with Crippen LogP contribution in [0.4, 0.5) is 4.39 Å². The van der Waals surface area contributed by atoms with Crippen molar-refractivity contribution in [2.24, 2.45) is 5.92 Å². The van der Waals surface area contributed by atoms with E-state index in [1.165, 1.54) is 6.42 Å². The van der Waals surface area contributed by atoms with Crippen LogP contribution in [0.5, 0.6) is 0 Å². The average molecular weight is 223 g/mol. The molecule has 1 aromatic rings. The van der Waals surface area contributed by atoms with Crippen molar-refractivity contribution in [1.82, 2.24) is 4.90 Å². The number of alkyl halides is 1.